The van der Waals surface area contributed by atoms with Crippen LogP contribution >= 0.6 is 27.5 Å². The number of rotatable bonds is 2. The molecule has 3 N–H and O–H groups in total. The molecule has 2 aromatic rings. The maximum absolute atomic E-state index is 6.10. The van der Waals surface area contributed by atoms with Gasteiger partial charge in [0.1, 0.15) is 5.82 Å². The molecule has 2 rings (SSSR count). The molecule has 1 aromatic carbocycles. The lowest BCUT2D eigenvalue weighted by Gasteiger charge is -2.09. The van der Waals surface area contributed by atoms with E-state index < -0.39 is 0 Å². The van der Waals surface area contributed by atoms with E-state index in [2.05, 4.69) is 26.2 Å². The first-order chi connectivity index (χ1) is 8.06. The fraction of sp³-hybridized carbons (Fsp3) is 0.0833. The highest BCUT2D eigenvalue weighted by Crippen LogP contribution is 2.28. The molecular weight excluding hydrogens is 302 g/mol. The predicted octanol–water partition coefficient (Wildman–Crippen LogP) is 4.13. The molecule has 17 heavy (non-hydrogen) atoms. The summed E-state index contributed by atoms with van der Waals surface area (Å²) in [4.78, 5) is 4.24. The van der Waals surface area contributed by atoms with Crippen molar-refractivity contribution in [1.29, 1.82) is 0 Å². The molecule has 0 fully saturated rings. The molecule has 0 aliphatic rings. The van der Waals surface area contributed by atoms with Crippen LogP contribution in [0.25, 0.3) is 0 Å². The van der Waals surface area contributed by atoms with E-state index in [-0.39, 0.29) is 0 Å². The Balaban J connectivity index is 2.28. The molecule has 1 aromatic heterocycles. The van der Waals surface area contributed by atoms with Crippen LogP contribution in [0.4, 0.5) is 17.2 Å². The Hall–Kier alpha value is -1.26. The third-order valence-corrected chi connectivity index (χ3v) is 3.14. The van der Waals surface area contributed by atoms with Crippen molar-refractivity contribution in [3.63, 3.8) is 0 Å². The number of nitrogens with zero attached hydrogens (tertiary/aromatic N) is 1. The summed E-state index contributed by atoms with van der Waals surface area (Å²) >= 11 is 9.45. The summed E-state index contributed by atoms with van der Waals surface area (Å²) in [6.07, 6.45) is 1.73. The molecule has 0 aliphatic heterocycles. The number of pyridine rings is 1. The Kier molecular flexibility index (Phi) is 3.54. The Morgan fingerprint density at radius 2 is 2.12 bits per heavy atom. The molecule has 0 spiro atoms. The number of hydrogen-bond acceptors (Lipinski definition) is 3. The van der Waals surface area contributed by atoms with E-state index in [9.17, 15) is 0 Å². The molecule has 0 amide bonds. The van der Waals surface area contributed by atoms with Crippen LogP contribution in [-0.4, -0.2) is 4.98 Å². The van der Waals surface area contributed by atoms with E-state index in [1.165, 1.54) is 0 Å². The van der Waals surface area contributed by atoms with Gasteiger partial charge >= 0.3 is 0 Å². The van der Waals surface area contributed by atoms with Crippen molar-refractivity contribution >= 4 is 44.7 Å². The van der Waals surface area contributed by atoms with Crippen LogP contribution in [0.5, 0.6) is 0 Å². The fourth-order valence-electron chi connectivity index (χ4n) is 1.34. The van der Waals surface area contributed by atoms with E-state index in [1.807, 2.05) is 25.1 Å². The summed E-state index contributed by atoms with van der Waals surface area (Å²) in [5.41, 5.74) is 8.27. The van der Waals surface area contributed by atoms with Gasteiger partial charge in [0.05, 0.1) is 10.7 Å². The Bertz CT molecular complexity index is 557. The normalized spacial score (nSPS) is 10.3. The minimum atomic E-state index is 0.625. The zero-order chi connectivity index (χ0) is 12.4. The number of aromatic nitrogens is 1. The van der Waals surface area contributed by atoms with Crippen LogP contribution in [0, 0.1) is 6.92 Å². The monoisotopic (exact) mass is 311 g/mol. The van der Waals surface area contributed by atoms with E-state index >= 15 is 0 Å². The highest BCUT2D eigenvalue weighted by atomic mass is 79.9. The summed E-state index contributed by atoms with van der Waals surface area (Å²) in [6.45, 7) is 1.92. The number of aryl methyl sites for hydroxylation is 1. The van der Waals surface area contributed by atoms with Crippen LogP contribution in [0.1, 0.15) is 5.56 Å². The third kappa shape index (κ3) is 2.90. The largest absolute Gasteiger partial charge is 0.398 e. The van der Waals surface area contributed by atoms with Gasteiger partial charge in [-0.1, -0.05) is 27.5 Å². The SMILES string of the molecule is Cc1cnc(Nc2ccc(Br)cc2Cl)cc1N. The van der Waals surface area contributed by atoms with Gasteiger partial charge in [0, 0.05) is 22.4 Å². The zero-order valence-electron chi connectivity index (χ0n) is 9.17. The first-order valence-electron chi connectivity index (χ1n) is 5.00. The van der Waals surface area contributed by atoms with Crippen molar-refractivity contribution in [2.75, 3.05) is 11.1 Å². The first kappa shape index (κ1) is 12.2. The third-order valence-electron chi connectivity index (χ3n) is 2.34. The van der Waals surface area contributed by atoms with Crippen LogP contribution in [-0.2, 0) is 0 Å². The van der Waals surface area contributed by atoms with Gasteiger partial charge in [-0.05, 0) is 30.7 Å². The number of nitrogens with two attached hydrogens (primary N) is 1. The highest BCUT2D eigenvalue weighted by molar-refractivity contribution is 9.10. The number of halogens is 2. The molecule has 0 radical (unpaired) electrons. The van der Waals surface area contributed by atoms with Gasteiger partial charge in [-0.2, -0.15) is 0 Å². The van der Waals surface area contributed by atoms with Gasteiger partial charge in [0.25, 0.3) is 0 Å². The van der Waals surface area contributed by atoms with E-state index in [0.29, 0.717) is 16.5 Å². The van der Waals surface area contributed by atoms with Gasteiger partial charge < -0.3 is 11.1 Å². The maximum atomic E-state index is 6.10. The number of hydrogen-bond donors (Lipinski definition) is 2. The molecule has 0 atom stereocenters. The summed E-state index contributed by atoms with van der Waals surface area (Å²) in [6, 6.07) is 7.39. The molecule has 0 bridgehead atoms. The highest BCUT2D eigenvalue weighted by Gasteiger charge is 2.03. The van der Waals surface area contributed by atoms with Gasteiger partial charge in [-0.15, -0.1) is 0 Å². The zero-order valence-corrected chi connectivity index (χ0v) is 11.5. The second kappa shape index (κ2) is 4.94. The van der Waals surface area contributed by atoms with Gasteiger partial charge in [-0.3, -0.25) is 0 Å². The fourth-order valence-corrected chi connectivity index (χ4v) is 2.06. The van der Waals surface area contributed by atoms with E-state index in [0.717, 1.165) is 15.7 Å². The predicted molar refractivity (Wildman–Crippen MR) is 75.8 cm³/mol. The maximum Gasteiger partial charge on any atom is 0.132 e. The van der Waals surface area contributed by atoms with Crippen molar-refractivity contribution in [2.24, 2.45) is 0 Å². The minimum absolute atomic E-state index is 0.625. The standard InChI is InChI=1S/C12H11BrClN3/c1-7-6-16-12(5-10(7)15)17-11-3-2-8(13)4-9(11)14/h2-6H,1H3,(H3,15,16,17). The molecule has 0 saturated carbocycles. The molecule has 1 heterocycles. The van der Waals surface area contributed by atoms with Crippen LogP contribution in [0.2, 0.25) is 5.02 Å². The quantitative estimate of drug-likeness (QED) is 0.876. The summed E-state index contributed by atoms with van der Waals surface area (Å²) < 4.78 is 0.935. The van der Waals surface area contributed by atoms with E-state index in [4.69, 9.17) is 17.3 Å². The number of anilines is 3. The lowest BCUT2D eigenvalue weighted by atomic mass is 10.2. The van der Waals surface area contributed by atoms with Crippen LogP contribution < -0.4 is 11.1 Å². The Morgan fingerprint density at radius 1 is 1.35 bits per heavy atom. The number of benzene rings is 1. The van der Waals surface area contributed by atoms with Crippen LogP contribution in [0.15, 0.2) is 34.9 Å². The second-order valence-electron chi connectivity index (χ2n) is 3.68. The average Bonchev–Trinajstić information content (AvgIpc) is 2.27. The molecule has 88 valence electrons. The molecule has 3 nitrogen and oxygen atoms in total. The lowest BCUT2D eigenvalue weighted by molar-refractivity contribution is 1.26. The van der Waals surface area contributed by atoms with E-state index in [1.54, 1.807) is 12.3 Å². The molecule has 0 aliphatic carbocycles. The number of nitrogens with one attached hydrogen (secondary N) is 1. The second-order valence-corrected chi connectivity index (χ2v) is 5.00. The average molecular weight is 313 g/mol. The topological polar surface area (TPSA) is 50.9 Å². The molecule has 0 saturated heterocycles. The molecule has 0 unspecified atom stereocenters. The first-order valence-corrected chi connectivity index (χ1v) is 6.17. The van der Waals surface area contributed by atoms with Crippen molar-refractivity contribution in [1.82, 2.24) is 4.98 Å². The lowest BCUT2D eigenvalue weighted by Crippen LogP contribution is -1.97. The van der Waals surface area contributed by atoms with Gasteiger partial charge in [-0.25, -0.2) is 4.98 Å². The van der Waals surface area contributed by atoms with Crippen molar-refractivity contribution in [3.05, 3.63) is 45.5 Å². The molecular formula is C12H11BrClN3. The van der Waals surface area contributed by atoms with Crippen LogP contribution in [0.3, 0.4) is 0 Å². The summed E-state index contributed by atoms with van der Waals surface area (Å²) in [7, 11) is 0. The smallest absolute Gasteiger partial charge is 0.132 e. The van der Waals surface area contributed by atoms with Gasteiger partial charge in [0.15, 0.2) is 0 Å². The summed E-state index contributed by atoms with van der Waals surface area (Å²) in [5.74, 6) is 0.678. The Morgan fingerprint density at radius 3 is 2.76 bits per heavy atom. The Labute approximate surface area is 113 Å². The van der Waals surface area contributed by atoms with Crippen molar-refractivity contribution in [2.45, 2.75) is 6.92 Å². The van der Waals surface area contributed by atoms with Crippen molar-refractivity contribution in [3.8, 4) is 0 Å². The van der Waals surface area contributed by atoms with Gasteiger partial charge in [0.2, 0.25) is 0 Å². The summed E-state index contributed by atoms with van der Waals surface area (Å²) in [5, 5.41) is 3.75. The minimum Gasteiger partial charge on any atom is -0.398 e. The van der Waals surface area contributed by atoms with Crippen molar-refractivity contribution < 1.29 is 0 Å². The molecule has 5 heteroatoms. The number of nitrogen functional groups attached to an aromatic ring is 1.